The third-order valence-electron chi connectivity index (χ3n) is 3.17. The largest absolute Gasteiger partial charge is 0.366 e. The molecular formula is C13H20N4O. The maximum absolute atomic E-state index is 10.9. The molecule has 1 saturated heterocycles. The van der Waals surface area contributed by atoms with Gasteiger partial charge in [0.15, 0.2) is 0 Å². The van der Waals surface area contributed by atoms with Crippen LogP contribution in [0.1, 0.15) is 30.1 Å². The van der Waals surface area contributed by atoms with Crippen molar-refractivity contribution in [3.63, 3.8) is 0 Å². The zero-order chi connectivity index (χ0) is 13.0. The van der Waals surface area contributed by atoms with E-state index in [1.54, 1.807) is 12.1 Å². The molecule has 0 radical (unpaired) electrons. The first kappa shape index (κ1) is 12.8. The number of nitrogens with one attached hydrogen (secondary N) is 1. The number of nitrogens with two attached hydrogens (primary N) is 1. The summed E-state index contributed by atoms with van der Waals surface area (Å²) >= 11 is 0. The number of hydrogen-bond acceptors (Lipinski definition) is 4. The summed E-state index contributed by atoms with van der Waals surface area (Å²) in [6, 6.07) is 3.83. The molecule has 0 aliphatic carbocycles. The number of carbonyl (C=O) groups is 1. The summed E-state index contributed by atoms with van der Waals surface area (Å²) in [5, 5.41) is 3.33. The highest BCUT2D eigenvalue weighted by molar-refractivity contribution is 5.92. The normalized spacial score (nSPS) is 17.6. The van der Waals surface area contributed by atoms with Gasteiger partial charge in [0, 0.05) is 18.8 Å². The quantitative estimate of drug-likeness (QED) is 0.818. The van der Waals surface area contributed by atoms with E-state index in [1.165, 1.54) is 32.1 Å². The van der Waals surface area contributed by atoms with Crippen LogP contribution in [0.5, 0.6) is 0 Å². The Morgan fingerprint density at radius 2 is 2.22 bits per heavy atom. The average molecular weight is 248 g/mol. The maximum Gasteiger partial charge on any atom is 0.250 e. The fraction of sp³-hybridized carbons (Fsp3) is 0.538. The SMILES string of the molecule is CC(CN1CCCC1)Nc1ccc(C(N)=O)cn1. The van der Waals surface area contributed by atoms with Gasteiger partial charge in [0.25, 0.3) is 0 Å². The standard InChI is InChI=1S/C13H20N4O/c1-10(9-17-6-2-3-7-17)16-12-5-4-11(8-15-12)13(14)18/h4-5,8,10H,2-3,6-7,9H2,1H3,(H2,14,18)(H,15,16). The third kappa shape index (κ3) is 3.43. The molecule has 1 unspecified atom stereocenters. The van der Waals surface area contributed by atoms with Crippen molar-refractivity contribution >= 4 is 11.7 Å². The van der Waals surface area contributed by atoms with Gasteiger partial charge < -0.3 is 16.0 Å². The molecule has 1 aliphatic heterocycles. The summed E-state index contributed by atoms with van der Waals surface area (Å²) in [4.78, 5) is 17.6. The highest BCUT2D eigenvalue weighted by Gasteiger charge is 2.14. The lowest BCUT2D eigenvalue weighted by molar-refractivity contribution is 0.1000. The molecule has 1 aromatic heterocycles. The van der Waals surface area contributed by atoms with Gasteiger partial charge in [-0.05, 0) is 45.0 Å². The first-order valence-electron chi connectivity index (χ1n) is 6.40. The van der Waals surface area contributed by atoms with Gasteiger partial charge in [-0.15, -0.1) is 0 Å². The van der Waals surface area contributed by atoms with Crippen molar-refractivity contribution in [3.05, 3.63) is 23.9 Å². The lowest BCUT2D eigenvalue weighted by atomic mass is 10.2. The molecule has 5 heteroatoms. The van der Waals surface area contributed by atoms with Crippen molar-refractivity contribution in [1.82, 2.24) is 9.88 Å². The van der Waals surface area contributed by atoms with Crippen molar-refractivity contribution in [3.8, 4) is 0 Å². The van der Waals surface area contributed by atoms with E-state index >= 15 is 0 Å². The number of primary amides is 1. The van der Waals surface area contributed by atoms with Crippen LogP contribution in [-0.4, -0.2) is 41.5 Å². The molecule has 1 aromatic rings. The molecule has 3 N–H and O–H groups in total. The van der Waals surface area contributed by atoms with E-state index in [4.69, 9.17) is 5.73 Å². The molecule has 1 aliphatic rings. The zero-order valence-electron chi connectivity index (χ0n) is 10.7. The molecule has 0 bridgehead atoms. The van der Waals surface area contributed by atoms with Crippen LogP contribution in [-0.2, 0) is 0 Å². The summed E-state index contributed by atoms with van der Waals surface area (Å²) < 4.78 is 0. The van der Waals surface area contributed by atoms with E-state index in [2.05, 4.69) is 22.1 Å². The van der Waals surface area contributed by atoms with Gasteiger partial charge in [0.05, 0.1) is 5.56 Å². The Labute approximate surface area is 107 Å². The fourth-order valence-electron chi connectivity index (χ4n) is 2.28. The lowest BCUT2D eigenvalue weighted by Crippen LogP contribution is -2.33. The van der Waals surface area contributed by atoms with E-state index in [1.807, 2.05) is 0 Å². The van der Waals surface area contributed by atoms with E-state index in [0.717, 1.165) is 12.4 Å². The minimum atomic E-state index is -0.445. The molecule has 5 nitrogen and oxygen atoms in total. The Morgan fingerprint density at radius 3 is 2.78 bits per heavy atom. The van der Waals surface area contributed by atoms with Crippen molar-refractivity contribution in [2.75, 3.05) is 25.0 Å². The fourth-order valence-corrected chi connectivity index (χ4v) is 2.28. The van der Waals surface area contributed by atoms with Crippen LogP contribution in [0.25, 0.3) is 0 Å². The van der Waals surface area contributed by atoms with Crippen molar-refractivity contribution < 1.29 is 4.79 Å². The van der Waals surface area contributed by atoms with Crippen LogP contribution in [0.2, 0.25) is 0 Å². The van der Waals surface area contributed by atoms with Gasteiger partial charge in [0.1, 0.15) is 5.82 Å². The molecule has 1 amide bonds. The second-order valence-electron chi connectivity index (χ2n) is 4.85. The van der Waals surface area contributed by atoms with Crippen molar-refractivity contribution in [2.45, 2.75) is 25.8 Å². The first-order chi connectivity index (χ1) is 8.65. The molecule has 0 aromatic carbocycles. The van der Waals surface area contributed by atoms with E-state index in [9.17, 15) is 4.79 Å². The van der Waals surface area contributed by atoms with Gasteiger partial charge in [-0.3, -0.25) is 4.79 Å². The molecule has 98 valence electrons. The van der Waals surface area contributed by atoms with Gasteiger partial charge in [0.2, 0.25) is 5.91 Å². The monoisotopic (exact) mass is 248 g/mol. The average Bonchev–Trinajstić information content (AvgIpc) is 2.82. The molecule has 1 atom stereocenters. The van der Waals surface area contributed by atoms with E-state index < -0.39 is 5.91 Å². The van der Waals surface area contributed by atoms with E-state index in [0.29, 0.717) is 11.6 Å². The first-order valence-corrected chi connectivity index (χ1v) is 6.40. The number of aromatic nitrogens is 1. The molecule has 2 rings (SSSR count). The second kappa shape index (κ2) is 5.82. The minimum Gasteiger partial charge on any atom is -0.366 e. The second-order valence-corrected chi connectivity index (χ2v) is 4.85. The van der Waals surface area contributed by atoms with Crippen LogP contribution in [0.4, 0.5) is 5.82 Å². The molecule has 1 fully saturated rings. The van der Waals surface area contributed by atoms with Crippen LogP contribution in [0.15, 0.2) is 18.3 Å². The Balaban J connectivity index is 1.86. The Kier molecular flexibility index (Phi) is 4.15. The molecule has 0 spiro atoms. The van der Waals surface area contributed by atoms with Crippen molar-refractivity contribution in [2.24, 2.45) is 5.73 Å². The van der Waals surface area contributed by atoms with Crippen LogP contribution in [0.3, 0.4) is 0 Å². The number of likely N-dealkylation sites (tertiary alicyclic amines) is 1. The van der Waals surface area contributed by atoms with Gasteiger partial charge in [-0.1, -0.05) is 0 Å². The van der Waals surface area contributed by atoms with Gasteiger partial charge in [-0.2, -0.15) is 0 Å². The highest BCUT2D eigenvalue weighted by Crippen LogP contribution is 2.10. The summed E-state index contributed by atoms with van der Waals surface area (Å²) in [6.07, 6.45) is 4.11. The lowest BCUT2D eigenvalue weighted by Gasteiger charge is -2.21. The highest BCUT2D eigenvalue weighted by atomic mass is 16.1. The zero-order valence-corrected chi connectivity index (χ0v) is 10.7. The number of nitrogens with zero attached hydrogens (tertiary/aromatic N) is 2. The minimum absolute atomic E-state index is 0.343. The van der Waals surface area contributed by atoms with Crippen LogP contribution >= 0.6 is 0 Å². The molecule has 0 saturated carbocycles. The summed E-state index contributed by atoms with van der Waals surface area (Å²) in [6.45, 7) is 5.56. The molecular weight excluding hydrogens is 228 g/mol. The maximum atomic E-state index is 10.9. The van der Waals surface area contributed by atoms with E-state index in [-0.39, 0.29) is 0 Å². The predicted octanol–water partition coefficient (Wildman–Crippen LogP) is 1.08. The Bertz CT molecular complexity index is 398. The molecule has 18 heavy (non-hydrogen) atoms. The third-order valence-corrected chi connectivity index (χ3v) is 3.17. The number of anilines is 1. The predicted molar refractivity (Wildman–Crippen MR) is 71.5 cm³/mol. The van der Waals surface area contributed by atoms with Gasteiger partial charge >= 0.3 is 0 Å². The summed E-state index contributed by atoms with van der Waals surface area (Å²) in [7, 11) is 0. The molecule has 2 heterocycles. The smallest absolute Gasteiger partial charge is 0.250 e. The van der Waals surface area contributed by atoms with Gasteiger partial charge in [-0.25, -0.2) is 4.98 Å². The number of carbonyl (C=O) groups excluding carboxylic acids is 1. The van der Waals surface area contributed by atoms with Crippen molar-refractivity contribution in [1.29, 1.82) is 0 Å². The topological polar surface area (TPSA) is 71.2 Å². The number of pyridine rings is 1. The number of rotatable bonds is 5. The summed E-state index contributed by atoms with van der Waals surface area (Å²) in [5.41, 5.74) is 5.61. The van der Waals surface area contributed by atoms with Crippen LogP contribution in [0, 0.1) is 0 Å². The Hall–Kier alpha value is -1.62. The summed E-state index contributed by atoms with van der Waals surface area (Å²) in [5.74, 6) is 0.339. The van der Waals surface area contributed by atoms with Crippen LogP contribution < -0.4 is 11.1 Å². The Morgan fingerprint density at radius 1 is 1.50 bits per heavy atom. The number of hydrogen-bond donors (Lipinski definition) is 2. The number of amides is 1.